The number of rotatable bonds is 3. The average Bonchev–Trinajstić information content (AvgIpc) is 2.37. The van der Waals surface area contributed by atoms with Crippen molar-refractivity contribution >= 4 is 53.5 Å². The zero-order valence-electron chi connectivity index (χ0n) is 11.7. The van der Waals surface area contributed by atoms with Gasteiger partial charge in [-0.3, -0.25) is 0 Å². The topological polar surface area (TPSA) is 12.0 Å². The molecule has 110 valence electrons. The highest BCUT2D eigenvalue weighted by Crippen LogP contribution is 2.42. The Balaban J connectivity index is 1.67. The Labute approximate surface area is 150 Å². The van der Waals surface area contributed by atoms with Gasteiger partial charge in [0.25, 0.3) is 0 Å². The fourth-order valence-electron chi connectivity index (χ4n) is 2.92. The highest BCUT2D eigenvalue weighted by molar-refractivity contribution is 9.11. The maximum Gasteiger partial charge on any atom is 0.0631 e. The second-order valence-corrected chi connectivity index (χ2v) is 8.23. The zero-order valence-corrected chi connectivity index (χ0v) is 16.4. The molecule has 0 bridgehead atoms. The van der Waals surface area contributed by atoms with Gasteiger partial charge in [0.2, 0.25) is 0 Å². The third-order valence-electron chi connectivity index (χ3n) is 4.12. The van der Waals surface area contributed by atoms with Crippen molar-refractivity contribution in [1.29, 1.82) is 0 Å². The molecule has 1 nitrogen and oxygen atoms in total. The highest BCUT2D eigenvalue weighted by Gasteiger charge is 2.31. The van der Waals surface area contributed by atoms with Crippen LogP contribution in [0.3, 0.4) is 0 Å². The van der Waals surface area contributed by atoms with Gasteiger partial charge in [0, 0.05) is 19.5 Å². The summed E-state index contributed by atoms with van der Waals surface area (Å²) < 4.78 is 3.24. The van der Waals surface area contributed by atoms with Gasteiger partial charge in [-0.25, -0.2) is 0 Å². The fraction of sp³-hybridized carbons (Fsp3) is 0.294. The maximum atomic E-state index is 3.65. The summed E-state index contributed by atoms with van der Waals surface area (Å²) in [5.74, 6) is 0.691. The Morgan fingerprint density at radius 2 is 1.62 bits per heavy atom. The van der Waals surface area contributed by atoms with E-state index in [1.807, 2.05) is 0 Å². The molecule has 0 aromatic heterocycles. The molecule has 0 saturated heterocycles. The van der Waals surface area contributed by atoms with Crippen molar-refractivity contribution in [3.63, 3.8) is 0 Å². The number of nitrogens with one attached hydrogen (secondary N) is 1. The van der Waals surface area contributed by atoms with Crippen molar-refractivity contribution in [3.8, 4) is 0 Å². The van der Waals surface area contributed by atoms with Crippen LogP contribution in [-0.4, -0.2) is 6.04 Å². The number of aryl methyl sites for hydroxylation is 1. The summed E-state index contributed by atoms with van der Waals surface area (Å²) in [5, 5.41) is 3.65. The van der Waals surface area contributed by atoms with Crippen LogP contribution in [0.15, 0.2) is 49.8 Å². The van der Waals surface area contributed by atoms with E-state index in [2.05, 4.69) is 96.4 Å². The molecule has 0 heterocycles. The van der Waals surface area contributed by atoms with Crippen LogP contribution in [0.25, 0.3) is 0 Å². The van der Waals surface area contributed by atoms with Gasteiger partial charge < -0.3 is 5.32 Å². The van der Waals surface area contributed by atoms with Crippen LogP contribution in [0.4, 0.5) is 5.69 Å². The second-order valence-electron chi connectivity index (χ2n) is 5.61. The minimum absolute atomic E-state index is 0.545. The van der Waals surface area contributed by atoms with Crippen LogP contribution in [0.5, 0.6) is 0 Å². The van der Waals surface area contributed by atoms with Crippen LogP contribution in [0.1, 0.15) is 29.9 Å². The van der Waals surface area contributed by atoms with Crippen LogP contribution in [0, 0.1) is 6.92 Å². The predicted molar refractivity (Wildman–Crippen MR) is 100 cm³/mol. The van der Waals surface area contributed by atoms with E-state index in [1.165, 1.54) is 24.0 Å². The molecule has 1 aliphatic carbocycles. The lowest BCUT2D eigenvalue weighted by Gasteiger charge is -2.38. The summed E-state index contributed by atoms with van der Waals surface area (Å²) >= 11 is 10.8. The van der Waals surface area contributed by atoms with Gasteiger partial charge in [0.05, 0.1) is 5.69 Å². The minimum atomic E-state index is 0.545. The summed E-state index contributed by atoms with van der Waals surface area (Å²) in [6.45, 7) is 2.21. The van der Waals surface area contributed by atoms with Crippen molar-refractivity contribution in [2.24, 2.45) is 0 Å². The van der Waals surface area contributed by atoms with E-state index < -0.39 is 0 Å². The van der Waals surface area contributed by atoms with Crippen molar-refractivity contribution < 1.29 is 0 Å². The van der Waals surface area contributed by atoms with Gasteiger partial charge in [0.15, 0.2) is 0 Å². The van der Waals surface area contributed by atoms with Crippen molar-refractivity contribution in [3.05, 3.63) is 60.9 Å². The molecule has 0 radical (unpaired) electrons. The third kappa shape index (κ3) is 3.38. The summed E-state index contributed by atoms with van der Waals surface area (Å²) in [6, 6.07) is 13.4. The summed E-state index contributed by atoms with van der Waals surface area (Å²) in [6.07, 6.45) is 2.39. The minimum Gasteiger partial charge on any atom is -0.380 e. The van der Waals surface area contributed by atoms with E-state index >= 15 is 0 Å². The summed E-state index contributed by atoms with van der Waals surface area (Å²) in [5.41, 5.74) is 4.06. The van der Waals surface area contributed by atoms with Gasteiger partial charge in [-0.1, -0.05) is 40.2 Å². The van der Waals surface area contributed by atoms with Gasteiger partial charge in [-0.15, -0.1) is 0 Å². The lowest BCUT2D eigenvalue weighted by atomic mass is 9.74. The quantitative estimate of drug-likeness (QED) is 0.526. The molecule has 1 aliphatic rings. The average molecular weight is 474 g/mol. The smallest absolute Gasteiger partial charge is 0.0631 e. The van der Waals surface area contributed by atoms with Gasteiger partial charge in [-0.2, -0.15) is 0 Å². The third-order valence-corrected chi connectivity index (χ3v) is 5.83. The summed E-state index contributed by atoms with van der Waals surface area (Å²) in [7, 11) is 0. The SMILES string of the molecule is Cc1ccccc1C1CC(Nc2c(Br)cc(Br)cc2Br)C1. The molecule has 0 unspecified atom stereocenters. The second kappa shape index (κ2) is 6.43. The molecule has 0 spiro atoms. The first-order valence-electron chi connectivity index (χ1n) is 7.01. The van der Waals surface area contributed by atoms with E-state index in [0.29, 0.717) is 12.0 Å². The number of halogens is 3. The molecule has 1 saturated carbocycles. The van der Waals surface area contributed by atoms with Gasteiger partial charge in [-0.05, 0) is 80.8 Å². The molecule has 0 aliphatic heterocycles. The molecule has 1 fully saturated rings. The lowest BCUT2D eigenvalue weighted by Crippen LogP contribution is -2.34. The molecule has 2 aromatic carbocycles. The van der Waals surface area contributed by atoms with E-state index in [-0.39, 0.29) is 0 Å². The lowest BCUT2D eigenvalue weighted by molar-refractivity contribution is 0.373. The van der Waals surface area contributed by atoms with Gasteiger partial charge in [0.1, 0.15) is 0 Å². The monoisotopic (exact) mass is 471 g/mol. The van der Waals surface area contributed by atoms with E-state index in [9.17, 15) is 0 Å². The van der Waals surface area contributed by atoms with Crippen LogP contribution in [-0.2, 0) is 0 Å². The van der Waals surface area contributed by atoms with Crippen molar-refractivity contribution in [2.45, 2.75) is 31.7 Å². The van der Waals surface area contributed by atoms with Crippen molar-refractivity contribution in [1.82, 2.24) is 0 Å². The molecular weight excluding hydrogens is 458 g/mol. The number of hydrogen-bond donors (Lipinski definition) is 1. The zero-order chi connectivity index (χ0) is 15.0. The number of hydrogen-bond acceptors (Lipinski definition) is 1. The Hall–Kier alpha value is -0.320. The van der Waals surface area contributed by atoms with E-state index in [0.717, 1.165) is 19.1 Å². The standard InChI is InChI=1S/C17H16Br3N/c1-10-4-2-3-5-14(10)11-6-13(7-11)21-17-15(19)8-12(18)9-16(17)20/h2-5,8-9,11,13,21H,6-7H2,1H3. The Bertz CT molecular complexity index is 640. The maximum absolute atomic E-state index is 3.65. The Morgan fingerprint density at radius 3 is 2.24 bits per heavy atom. The van der Waals surface area contributed by atoms with Crippen LogP contribution >= 0.6 is 47.8 Å². The molecule has 0 amide bonds. The Kier molecular flexibility index (Phi) is 4.77. The van der Waals surface area contributed by atoms with E-state index in [4.69, 9.17) is 0 Å². The molecule has 21 heavy (non-hydrogen) atoms. The largest absolute Gasteiger partial charge is 0.380 e. The fourth-order valence-corrected chi connectivity index (χ4v) is 5.41. The van der Waals surface area contributed by atoms with E-state index in [1.54, 1.807) is 0 Å². The number of anilines is 1. The molecule has 4 heteroatoms. The van der Waals surface area contributed by atoms with Crippen LogP contribution < -0.4 is 5.32 Å². The molecule has 1 N–H and O–H groups in total. The highest BCUT2D eigenvalue weighted by atomic mass is 79.9. The first-order valence-corrected chi connectivity index (χ1v) is 9.39. The summed E-state index contributed by atoms with van der Waals surface area (Å²) in [4.78, 5) is 0. The van der Waals surface area contributed by atoms with Gasteiger partial charge >= 0.3 is 0 Å². The Morgan fingerprint density at radius 1 is 1.00 bits per heavy atom. The van der Waals surface area contributed by atoms with Crippen molar-refractivity contribution in [2.75, 3.05) is 5.32 Å². The molecule has 0 atom stereocenters. The van der Waals surface area contributed by atoms with Crippen LogP contribution in [0.2, 0.25) is 0 Å². The number of benzene rings is 2. The first-order chi connectivity index (χ1) is 10.0. The molecule has 2 aromatic rings. The normalized spacial score (nSPS) is 21.0. The molecular formula is C17H16Br3N. The predicted octanol–water partition coefficient (Wildman–Crippen LogP) is 6.64. The first kappa shape index (κ1) is 15.6. The molecule has 3 rings (SSSR count).